The maximum atomic E-state index is 5.94. The van der Waals surface area contributed by atoms with Crippen molar-refractivity contribution in [3.8, 4) is 11.1 Å². The summed E-state index contributed by atoms with van der Waals surface area (Å²) < 4.78 is 0. The summed E-state index contributed by atoms with van der Waals surface area (Å²) in [6.45, 7) is 2.28. The Morgan fingerprint density at radius 2 is 2.00 bits per heavy atom. The van der Waals surface area contributed by atoms with Crippen LogP contribution in [0.15, 0.2) is 36.4 Å². The highest BCUT2D eigenvalue weighted by Crippen LogP contribution is 2.52. The lowest BCUT2D eigenvalue weighted by molar-refractivity contribution is 0.767. The molecule has 3 aromatic rings. The van der Waals surface area contributed by atoms with Crippen LogP contribution in [-0.4, -0.2) is 17.2 Å². The number of H-pyrrole nitrogens is 1. The molecule has 2 unspecified atom stereocenters. The van der Waals surface area contributed by atoms with Crippen molar-refractivity contribution in [2.45, 2.75) is 25.7 Å². The first-order valence-corrected chi connectivity index (χ1v) is 8.27. The van der Waals surface area contributed by atoms with Crippen molar-refractivity contribution in [3.05, 3.63) is 42.0 Å². The molecule has 0 amide bonds. The number of benzene rings is 2. The number of nitrogen functional groups attached to an aromatic ring is 1. The highest BCUT2D eigenvalue weighted by atomic mass is 15.1. The Bertz CT molecular complexity index is 865. The van der Waals surface area contributed by atoms with Gasteiger partial charge in [-0.2, -0.15) is 5.10 Å². The molecule has 2 atom stereocenters. The largest absolute Gasteiger partial charge is 0.388 e. The van der Waals surface area contributed by atoms with Gasteiger partial charge in [-0.05, 0) is 59.2 Å². The van der Waals surface area contributed by atoms with E-state index < -0.39 is 0 Å². The Hall–Kier alpha value is -2.49. The lowest BCUT2D eigenvalue weighted by Crippen LogP contribution is -1.96. The van der Waals surface area contributed by atoms with Gasteiger partial charge in [0.05, 0.1) is 5.52 Å². The Morgan fingerprint density at radius 1 is 1.22 bits per heavy atom. The quantitative estimate of drug-likeness (QED) is 0.670. The molecule has 1 aliphatic rings. The van der Waals surface area contributed by atoms with E-state index in [0.717, 1.165) is 16.8 Å². The molecule has 0 spiro atoms. The van der Waals surface area contributed by atoms with Crippen molar-refractivity contribution >= 4 is 22.4 Å². The number of aromatic nitrogens is 2. The molecule has 4 heteroatoms. The van der Waals surface area contributed by atoms with Gasteiger partial charge in [0.1, 0.15) is 0 Å². The van der Waals surface area contributed by atoms with Crippen molar-refractivity contribution in [2.24, 2.45) is 5.92 Å². The van der Waals surface area contributed by atoms with E-state index in [2.05, 4.69) is 52.8 Å². The standard InChI is InChI=1S/C19H22N4/c1-3-11-8-14(11)15-9-12(4-6-17(15)21-2)13-5-7-18-16(10-13)19(20)23-22-18/h4-7,9-11,14,21H,3,8H2,1-2H3,(H3,20,22,23). The molecule has 4 rings (SSSR count). The molecule has 0 bridgehead atoms. The molecule has 1 heterocycles. The van der Waals surface area contributed by atoms with Crippen LogP contribution in [0.4, 0.5) is 11.5 Å². The van der Waals surface area contributed by atoms with Crippen molar-refractivity contribution in [1.82, 2.24) is 10.2 Å². The van der Waals surface area contributed by atoms with Gasteiger partial charge in [0.15, 0.2) is 5.82 Å². The van der Waals surface area contributed by atoms with Crippen LogP contribution in [0.1, 0.15) is 31.2 Å². The van der Waals surface area contributed by atoms with E-state index >= 15 is 0 Å². The van der Waals surface area contributed by atoms with E-state index in [1.807, 2.05) is 13.1 Å². The topological polar surface area (TPSA) is 66.7 Å². The number of anilines is 2. The van der Waals surface area contributed by atoms with Gasteiger partial charge in [-0.3, -0.25) is 5.10 Å². The smallest absolute Gasteiger partial charge is 0.153 e. The Kier molecular flexibility index (Phi) is 3.26. The van der Waals surface area contributed by atoms with Crippen LogP contribution in [0.5, 0.6) is 0 Å². The van der Waals surface area contributed by atoms with Crippen LogP contribution in [-0.2, 0) is 0 Å². The molecule has 2 aromatic carbocycles. The first-order valence-electron chi connectivity index (χ1n) is 8.27. The molecule has 0 radical (unpaired) electrons. The summed E-state index contributed by atoms with van der Waals surface area (Å²) in [5.74, 6) is 2.09. The maximum absolute atomic E-state index is 5.94. The normalized spacial score (nSPS) is 19.9. The molecule has 0 saturated heterocycles. The number of hydrogen-bond donors (Lipinski definition) is 3. The van der Waals surface area contributed by atoms with Gasteiger partial charge in [0.2, 0.25) is 0 Å². The van der Waals surface area contributed by atoms with Crippen LogP contribution in [0, 0.1) is 5.92 Å². The van der Waals surface area contributed by atoms with Crippen LogP contribution in [0.3, 0.4) is 0 Å². The molecule has 4 nitrogen and oxygen atoms in total. The summed E-state index contributed by atoms with van der Waals surface area (Å²) in [5.41, 5.74) is 12.0. The Labute approximate surface area is 136 Å². The Morgan fingerprint density at radius 3 is 2.74 bits per heavy atom. The van der Waals surface area contributed by atoms with Crippen molar-refractivity contribution < 1.29 is 0 Å². The summed E-state index contributed by atoms with van der Waals surface area (Å²) in [5, 5.41) is 11.4. The molecule has 23 heavy (non-hydrogen) atoms. The molecular formula is C19H22N4. The summed E-state index contributed by atoms with van der Waals surface area (Å²) in [4.78, 5) is 0. The third-order valence-corrected chi connectivity index (χ3v) is 5.09. The number of nitrogens with two attached hydrogens (primary N) is 1. The SMILES string of the molecule is CCC1CC1c1cc(-c2ccc3[nH]nc(N)c3c2)ccc1NC. The van der Waals surface area contributed by atoms with Gasteiger partial charge in [-0.25, -0.2) is 0 Å². The number of aromatic amines is 1. The zero-order chi connectivity index (χ0) is 16.0. The van der Waals surface area contributed by atoms with E-state index in [9.17, 15) is 0 Å². The van der Waals surface area contributed by atoms with Crippen LogP contribution < -0.4 is 11.1 Å². The van der Waals surface area contributed by atoms with Gasteiger partial charge in [0, 0.05) is 18.1 Å². The number of hydrogen-bond acceptors (Lipinski definition) is 3. The maximum Gasteiger partial charge on any atom is 0.153 e. The van der Waals surface area contributed by atoms with E-state index in [1.54, 1.807) is 0 Å². The second-order valence-corrected chi connectivity index (χ2v) is 6.43. The summed E-state index contributed by atoms with van der Waals surface area (Å²) in [6.07, 6.45) is 2.57. The lowest BCUT2D eigenvalue weighted by atomic mass is 9.97. The predicted octanol–water partition coefficient (Wildman–Crippen LogP) is 4.37. The van der Waals surface area contributed by atoms with Crippen LogP contribution in [0.25, 0.3) is 22.0 Å². The van der Waals surface area contributed by atoms with Crippen LogP contribution >= 0.6 is 0 Å². The zero-order valence-electron chi connectivity index (χ0n) is 13.6. The van der Waals surface area contributed by atoms with Crippen molar-refractivity contribution in [3.63, 3.8) is 0 Å². The first-order chi connectivity index (χ1) is 11.2. The van der Waals surface area contributed by atoms with Gasteiger partial charge in [-0.15, -0.1) is 0 Å². The molecule has 1 aromatic heterocycles. The van der Waals surface area contributed by atoms with E-state index in [-0.39, 0.29) is 0 Å². The average Bonchev–Trinajstić information content (AvgIpc) is 3.30. The molecule has 0 aliphatic heterocycles. The number of nitrogens with one attached hydrogen (secondary N) is 2. The van der Waals surface area contributed by atoms with Crippen molar-refractivity contribution in [2.75, 3.05) is 18.1 Å². The average molecular weight is 306 g/mol. The highest BCUT2D eigenvalue weighted by Gasteiger charge is 2.37. The molecule has 1 fully saturated rings. The predicted molar refractivity (Wildman–Crippen MR) is 96.6 cm³/mol. The second kappa shape index (κ2) is 5.30. The third-order valence-electron chi connectivity index (χ3n) is 5.09. The minimum absolute atomic E-state index is 0.558. The monoisotopic (exact) mass is 306 g/mol. The minimum Gasteiger partial charge on any atom is -0.388 e. The van der Waals surface area contributed by atoms with Gasteiger partial charge < -0.3 is 11.1 Å². The summed E-state index contributed by atoms with van der Waals surface area (Å²) in [6, 6.07) is 13.0. The van der Waals surface area contributed by atoms with Gasteiger partial charge in [0.25, 0.3) is 0 Å². The molecular weight excluding hydrogens is 284 g/mol. The van der Waals surface area contributed by atoms with E-state index in [4.69, 9.17) is 5.73 Å². The fourth-order valence-corrected chi connectivity index (χ4v) is 3.57. The molecule has 1 aliphatic carbocycles. The van der Waals surface area contributed by atoms with Gasteiger partial charge in [-0.1, -0.05) is 25.5 Å². The molecule has 1 saturated carbocycles. The number of fused-ring (bicyclic) bond motifs is 1. The van der Waals surface area contributed by atoms with Crippen LogP contribution in [0.2, 0.25) is 0 Å². The van der Waals surface area contributed by atoms with Crippen molar-refractivity contribution in [1.29, 1.82) is 0 Å². The fraction of sp³-hybridized carbons (Fsp3) is 0.316. The zero-order valence-corrected chi connectivity index (χ0v) is 13.6. The molecule has 4 N–H and O–H groups in total. The third kappa shape index (κ3) is 2.34. The Balaban J connectivity index is 1.78. The second-order valence-electron chi connectivity index (χ2n) is 6.43. The first kappa shape index (κ1) is 14.1. The van der Waals surface area contributed by atoms with E-state index in [0.29, 0.717) is 11.7 Å². The highest BCUT2D eigenvalue weighted by molar-refractivity contribution is 5.92. The van der Waals surface area contributed by atoms with Gasteiger partial charge >= 0.3 is 0 Å². The minimum atomic E-state index is 0.558. The molecule has 118 valence electrons. The summed E-state index contributed by atoms with van der Waals surface area (Å²) in [7, 11) is 2.00. The van der Waals surface area contributed by atoms with E-state index in [1.165, 1.54) is 35.2 Å². The fourth-order valence-electron chi connectivity index (χ4n) is 3.57. The number of rotatable bonds is 4. The number of nitrogens with zero attached hydrogens (tertiary/aromatic N) is 1. The summed E-state index contributed by atoms with van der Waals surface area (Å²) >= 11 is 0. The lowest BCUT2D eigenvalue weighted by Gasteiger charge is -2.12.